The van der Waals surface area contributed by atoms with Gasteiger partial charge in [0.2, 0.25) is 0 Å². The first kappa shape index (κ1) is 23.5. The van der Waals surface area contributed by atoms with Gasteiger partial charge < -0.3 is 10.1 Å². The van der Waals surface area contributed by atoms with Crippen LogP contribution in [0.25, 0.3) is 11.1 Å². The van der Waals surface area contributed by atoms with E-state index >= 15 is 0 Å². The van der Waals surface area contributed by atoms with Crippen molar-refractivity contribution < 1.29 is 9.53 Å². The van der Waals surface area contributed by atoms with Crippen LogP contribution in [0.2, 0.25) is 5.15 Å². The van der Waals surface area contributed by atoms with E-state index in [4.69, 9.17) is 16.3 Å². The number of nitrogens with one attached hydrogen (secondary N) is 1. The van der Waals surface area contributed by atoms with Gasteiger partial charge in [0, 0.05) is 0 Å². The molecule has 6 rings (SSSR count). The molecule has 1 aliphatic carbocycles. The van der Waals surface area contributed by atoms with E-state index in [0.29, 0.717) is 18.5 Å². The number of hydrogen-bond acceptors (Lipinski definition) is 5. The molecular weight excluding hydrogens is 486 g/mol. The first-order valence-corrected chi connectivity index (χ1v) is 12.9. The van der Waals surface area contributed by atoms with Gasteiger partial charge in [0.05, 0.1) is 11.7 Å². The van der Waals surface area contributed by atoms with E-state index in [1.807, 2.05) is 48.5 Å². The lowest BCUT2D eigenvalue weighted by Crippen LogP contribution is -2.32. The molecule has 4 aromatic rings. The van der Waals surface area contributed by atoms with Gasteiger partial charge in [-0.3, -0.25) is 9.36 Å². The van der Waals surface area contributed by atoms with E-state index in [-0.39, 0.29) is 29.2 Å². The fraction of sp³-hybridized carbons (Fsp3) is 0.233. The van der Waals surface area contributed by atoms with Gasteiger partial charge in [0.15, 0.2) is 11.0 Å². The largest absolute Gasteiger partial charge is 0.459 e. The van der Waals surface area contributed by atoms with Crippen LogP contribution in [-0.4, -0.2) is 15.5 Å². The topological polar surface area (TPSA) is 73.2 Å². The van der Waals surface area contributed by atoms with Gasteiger partial charge in [-0.25, -0.2) is 9.78 Å². The quantitative estimate of drug-likeness (QED) is 0.326. The van der Waals surface area contributed by atoms with Crippen molar-refractivity contribution in [3.05, 3.63) is 117 Å². The summed E-state index contributed by atoms with van der Waals surface area (Å²) in [6, 6.07) is 25.4. The van der Waals surface area contributed by atoms with Gasteiger partial charge in [0.25, 0.3) is 5.56 Å². The summed E-state index contributed by atoms with van der Waals surface area (Å²) >= 11 is 6.52. The Balaban J connectivity index is 1.26. The first-order chi connectivity index (χ1) is 18.1. The maximum absolute atomic E-state index is 13.6. The van der Waals surface area contributed by atoms with Crippen LogP contribution in [0.3, 0.4) is 0 Å². The molecule has 1 N–H and O–H groups in total. The number of fused-ring (bicyclic) bond motifs is 2. The highest BCUT2D eigenvalue weighted by atomic mass is 35.5. The maximum atomic E-state index is 13.6. The van der Waals surface area contributed by atoms with E-state index in [9.17, 15) is 9.59 Å². The molecule has 0 saturated carbocycles. The fourth-order valence-electron chi connectivity index (χ4n) is 5.37. The molecule has 0 bridgehead atoms. The van der Waals surface area contributed by atoms with Crippen LogP contribution in [0.5, 0.6) is 0 Å². The molecule has 0 spiro atoms. The van der Waals surface area contributed by atoms with Crippen molar-refractivity contribution in [1.29, 1.82) is 0 Å². The normalized spacial score (nSPS) is 17.8. The number of nitrogens with zero attached hydrogens (tertiary/aromatic N) is 2. The average molecular weight is 512 g/mol. The number of aromatic nitrogens is 2. The Morgan fingerprint density at radius 2 is 1.73 bits per heavy atom. The second kappa shape index (κ2) is 9.87. The van der Waals surface area contributed by atoms with Crippen LogP contribution in [0, 0.1) is 0 Å². The lowest BCUT2D eigenvalue weighted by molar-refractivity contribution is -0.148. The van der Waals surface area contributed by atoms with Gasteiger partial charge >= 0.3 is 5.97 Å². The van der Waals surface area contributed by atoms with Crippen molar-refractivity contribution in [2.45, 2.75) is 44.4 Å². The van der Waals surface area contributed by atoms with E-state index in [1.54, 1.807) is 0 Å². The van der Waals surface area contributed by atoms with Crippen molar-refractivity contribution in [3.63, 3.8) is 0 Å². The molecule has 2 aliphatic rings. The molecule has 3 aromatic carbocycles. The summed E-state index contributed by atoms with van der Waals surface area (Å²) in [4.78, 5) is 31.0. The maximum Gasteiger partial charge on any atom is 0.329 e. The second-order valence-corrected chi connectivity index (χ2v) is 9.89. The van der Waals surface area contributed by atoms with E-state index < -0.39 is 12.0 Å². The van der Waals surface area contributed by atoms with Crippen LogP contribution < -0.4 is 10.9 Å². The minimum atomic E-state index is -0.715. The summed E-state index contributed by atoms with van der Waals surface area (Å²) in [6.07, 6.45) is 2.71. The molecule has 6 nitrogen and oxygen atoms in total. The summed E-state index contributed by atoms with van der Waals surface area (Å²) < 4.78 is 7.03. The van der Waals surface area contributed by atoms with Crippen LogP contribution in [-0.2, 0) is 29.0 Å². The Hall–Kier alpha value is -3.90. The Kier molecular flexibility index (Phi) is 6.26. The van der Waals surface area contributed by atoms with Crippen molar-refractivity contribution in [2.24, 2.45) is 0 Å². The van der Waals surface area contributed by atoms with Gasteiger partial charge in [-0.05, 0) is 59.6 Å². The second-order valence-electron chi connectivity index (χ2n) is 9.54. The summed E-state index contributed by atoms with van der Waals surface area (Å²) in [5.74, 6) is -0.267. The standard InChI is InChI=1S/C30H26ClN3O3/c31-27-25-15-16-26(30(36)37-18-19-7-3-1-4-8-19)34(25)29(35)28(33-27)32-24-14-13-21-11-12-22(17-23(21)24)20-9-5-2-6-10-20/h1-12,17,24,26H,13-16,18H2,(H,32,33)/t24-,26-/m0/s1. The Labute approximate surface area is 219 Å². The number of hydrogen-bond donors (Lipinski definition) is 1. The first-order valence-electron chi connectivity index (χ1n) is 12.5. The predicted octanol–water partition coefficient (Wildman–Crippen LogP) is 5.89. The molecule has 2 atom stereocenters. The minimum absolute atomic E-state index is 0.0709. The third kappa shape index (κ3) is 4.53. The van der Waals surface area contributed by atoms with Crippen LogP contribution in [0.15, 0.2) is 83.7 Å². The lowest BCUT2D eigenvalue weighted by atomic mass is 9.99. The number of carbonyl (C=O) groups excluding carboxylic acids is 1. The monoisotopic (exact) mass is 511 g/mol. The molecular formula is C30H26ClN3O3. The molecule has 0 amide bonds. The van der Waals surface area contributed by atoms with Crippen LogP contribution in [0.1, 0.15) is 47.3 Å². The minimum Gasteiger partial charge on any atom is -0.459 e. The van der Waals surface area contributed by atoms with Gasteiger partial charge in [0.1, 0.15) is 12.6 Å². The number of benzene rings is 3. The summed E-state index contributed by atoms with van der Waals surface area (Å²) in [5.41, 5.74) is 5.82. The van der Waals surface area contributed by atoms with Crippen molar-refractivity contribution in [3.8, 4) is 11.1 Å². The molecule has 186 valence electrons. The van der Waals surface area contributed by atoms with E-state index in [1.165, 1.54) is 10.1 Å². The number of rotatable bonds is 6. The molecule has 0 unspecified atom stereocenters. The zero-order chi connectivity index (χ0) is 25.4. The third-order valence-electron chi connectivity index (χ3n) is 7.26. The Bertz CT molecular complexity index is 1520. The molecule has 37 heavy (non-hydrogen) atoms. The number of halogens is 1. The Morgan fingerprint density at radius 3 is 2.51 bits per heavy atom. The lowest BCUT2D eigenvalue weighted by Gasteiger charge is -2.19. The van der Waals surface area contributed by atoms with Gasteiger partial charge in [-0.2, -0.15) is 0 Å². The summed E-state index contributed by atoms with van der Waals surface area (Å²) in [5, 5.41) is 3.60. The zero-order valence-corrected chi connectivity index (χ0v) is 20.9. The summed E-state index contributed by atoms with van der Waals surface area (Å²) in [6.45, 7) is 0.160. The van der Waals surface area contributed by atoms with Crippen molar-refractivity contribution >= 4 is 23.4 Å². The number of carbonyl (C=O) groups is 1. The number of esters is 1. The fourth-order valence-corrected chi connectivity index (χ4v) is 5.64. The molecule has 0 fully saturated rings. The van der Waals surface area contributed by atoms with E-state index in [2.05, 4.69) is 40.6 Å². The number of anilines is 1. The molecule has 7 heteroatoms. The summed E-state index contributed by atoms with van der Waals surface area (Å²) in [7, 11) is 0. The molecule has 1 aromatic heterocycles. The zero-order valence-electron chi connectivity index (χ0n) is 20.2. The van der Waals surface area contributed by atoms with Gasteiger partial charge in [-0.1, -0.05) is 84.4 Å². The highest BCUT2D eigenvalue weighted by Gasteiger charge is 2.34. The van der Waals surface area contributed by atoms with Crippen molar-refractivity contribution in [2.75, 3.05) is 5.32 Å². The SMILES string of the molecule is O=C(OCc1ccccc1)[C@@H]1CCc2c(Cl)nc(N[C@H]3CCc4ccc(-c5ccccc5)cc43)c(=O)n21. The van der Waals surface area contributed by atoms with Crippen molar-refractivity contribution in [1.82, 2.24) is 9.55 Å². The van der Waals surface area contributed by atoms with Gasteiger partial charge in [-0.15, -0.1) is 0 Å². The Morgan fingerprint density at radius 1 is 0.973 bits per heavy atom. The smallest absolute Gasteiger partial charge is 0.329 e. The highest BCUT2D eigenvalue weighted by molar-refractivity contribution is 6.30. The van der Waals surface area contributed by atoms with Crippen LogP contribution >= 0.6 is 11.6 Å². The number of ether oxygens (including phenoxy) is 1. The molecule has 0 saturated heterocycles. The number of aryl methyl sites for hydroxylation is 1. The molecule has 2 heterocycles. The average Bonchev–Trinajstić information content (AvgIpc) is 3.56. The van der Waals surface area contributed by atoms with E-state index in [0.717, 1.165) is 35.1 Å². The van der Waals surface area contributed by atoms with Crippen LogP contribution in [0.4, 0.5) is 5.82 Å². The third-order valence-corrected chi connectivity index (χ3v) is 7.57. The highest BCUT2D eigenvalue weighted by Crippen LogP contribution is 2.37. The molecule has 1 aliphatic heterocycles. The molecule has 0 radical (unpaired) electrons. The predicted molar refractivity (Wildman–Crippen MR) is 144 cm³/mol.